The molecule has 0 saturated heterocycles. The number of hydrogen-bond donors (Lipinski definition) is 3. The van der Waals surface area contributed by atoms with Gasteiger partial charge in [0.25, 0.3) is 0 Å². The molecule has 0 aliphatic rings. The lowest BCUT2D eigenvalue weighted by atomic mass is 10.2. The molecule has 0 aromatic carbocycles. The van der Waals surface area contributed by atoms with E-state index in [2.05, 4.69) is 16.9 Å². The van der Waals surface area contributed by atoms with Gasteiger partial charge in [-0.05, 0) is 37.2 Å². The van der Waals surface area contributed by atoms with Gasteiger partial charge < -0.3 is 11.1 Å². The van der Waals surface area contributed by atoms with Crippen molar-refractivity contribution in [1.29, 1.82) is 5.41 Å². The van der Waals surface area contributed by atoms with Crippen LogP contribution in [0.1, 0.15) is 12.1 Å². The number of rotatable bonds is 6. The number of thiocarbonyl (C=S) groups is 1. The Balaban J connectivity index is 2.44. The first kappa shape index (κ1) is 15.1. The average Bonchev–Trinajstić information content (AvgIpc) is 2.41. The van der Waals surface area contributed by atoms with Crippen LogP contribution in [0.3, 0.4) is 0 Å². The van der Waals surface area contributed by atoms with Crippen LogP contribution in [-0.4, -0.2) is 34.0 Å². The average molecular weight is 277 g/mol. The van der Waals surface area contributed by atoms with Gasteiger partial charge in [-0.2, -0.15) is 0 Å². The third-order valence-corrected chi connectivity index (χ3v) is 2.84. The highest BCUT2D eigenvalue weighted by atomic mass is 32.1. The highest BCUT2D eigenvalue weighted by Gasteiger charge is 2.11. The molecular weight excluding hydrogens is 258 g/mol. The monoisotopic (exact) mass is 277 g/mol. The summed E-state index contributed by atoms with van der Waals surface area (Å²) in [5.74, 6) is -0.0532. The van der Waals surface area contributed by atoms with Crippen LogP contribution in [-0.2, 0) is 6.42 Å². The van der Waals surface area contributed by atoms with Crippen molar-refractivity contribution in [3.05, 3.63) is 42.7 Å². The summed E-state index contributed by atoms with van der Waals surface area (Å²) < 4.78 is 0. The highest BCUT2D eigenvalue weighted by molar-refractivity contribution is 7.80. The van der Waals surface area contributed by atoms with E-state index in [0.29, 0.717) is 18.2 Å². The zero-order chi connectivity index (χ0) is 14.1. The topological polar surface area (TPSA) is 78.0 Å². The van der Waals surface area contributed by atoms with E-state index in [4.69, 9.17) is 23.4 Å². The van der Waals surface area contributed by atoms with Crippen LogP contribution in [0.25, 0.3) is 0 Å². The predicted molar refractivity (Wildman–Crippen MR) is 82.0 cm³/mol. The zero-order valence-corrected chi connectivity index (χ0v) is 11.6. The lowest BCUT2D eigenvalue weighted by Gasteiger charge is -2.23. The molecule has 1 aromatic rings. The predicted octanol–water partition coefficient (Wildman–Crippen LogP) is 1.27. The maximum atomic E-state index is 7.54. The maximum Gasteiger partial charge on any atom is 0.194 e. The van der Waals surface area contributed by atoms with Crippen molar-refractivity contribution < 1.29 is 0 Å². The fraction of sp³-hybridized carbons (Fsp3) is 0.308. The minimum Gasteiger partial charge on any atom is -0.370 e. The number of nitrogens with zero attached hydrogens (tertiary/aromatic N) is 2. The van der Waals surface area contributed by atoms with Crippen molar-refractivity contribution in [2.75, 3.05) is 13.1 Å². The standard InChI is InChI=1S/C13H19N5S/c1-2-8-17-13(19)18(12(14)15)10-5-7-11-6-3-4-9-16-11/h2-4,6,9H,1,5,7-8,10H2,(H3,14,15)(H,17,19). The molecule has 6 heteroatoms. The van der Waals surface area contributed by atoms with Crippen LogP contribution in [0, 0.1) is 5.41 Å². The molecular formula is C13H19N5S. The number of guanidine groups is 1. The summed E-state index contributed by atoms with van der Waals surface area (Å²) in [6.07, 6.45) is 5.13. The molecule has 0 atom stereocenters. The normalized spacial score (nSPS) is 9.68. The van der Waals surface area contributed by atoms with Crippen LogP contribution in [0.2, 0.25) is 0 Å². The molecule has 102 valence electrons. The highest BCUT2D eigenvalue weighted by Crippen LogP contribution is 2.01. The van der Waals surface area contributed by atoms with Gasteiger partial charge in [0.1, 0.15) is 0 Å². The van der Waals surface area contributed by atoms with E-state index in [1.54, 1.807) is 17.2 Å². The maximum absolute atomic E-state index is 7.54. The van der Waals surface area contributed by atoms with Crippen molar-refractivity contribution in [3.8, 4) is 0 Å². The lowest BCUT2D eigenvalue weighted by Crippen LogP contribution is -2.47. The van der Waals surface area contributed by atoms with Crippen molar-refractivity contribution in [1.82, 2.24) is 15.2 Å². The quantitative estimate of drug-likeness (QED) is 0.316. The molecule has 1 aromatic heterocycles. The number of pyridine rings is 1. The van der Waals surface area contributed by atoms with Crippen LogP contribution in [0.5, 0.6) is 0 Å². The second kappa shape index (κ2) is 8.20. The molecule has 5 nitrogen and oxygen atoms in total. The van der Waals surface area contributed by atoms with Crippen molar-refractivity contribution in [2.45, 2.75) is 12.8 Å². The van der Waals surface area contributed by atoms with Crippen LogP contribution in [0.4, 0.5) is 0 Å². The van der Waals surface area contributed by atoms with Gasteiger partial charge in [-0.3, -0.25) is 15.3 Å². The van der Waals surface area contributed by atoms with E-state index < -0.39 is 0 Å². The van der Waals surface area contributed by atoms with E-state index in [9.17, 15) is 0 Å². The van der Waals surface area contributed by atoms with Gasteiger partial charge in [-0.25, -0.2) is 0 Å². The molecule has 0 saturated carbocycles. The number of nitrogens with one attached hydrogen (secondary N) is 2. The van der Waals surface area contributed by atoms with E-state index in [0.717, 1.165) is 18.5 Å². The Morgan fingerprint density at radius 3 is 2.95 bits per heavy atom. The summed E-state index contributed by atoms with van der Waals surface area (Å²) >= 11 is 5.18. The van der Waals surface area contributed by atoms with Crippen molar-refractivity contribution >= 4 is 23.3 Å². The SMILES string of the molecule is C=CCNC(=S)N(CCCc1ccccn1)C(=N)N. The summed E-state index contributed by atoms with van der Waals surface area (Å²) in [4.78, 5) is 5.82. The third-order valence-electron chi connectivity index (χ3n) is 2.47. The third kappa shape index (κ3) is 5.48. The summed E-state index contributed by atoms with van der Waals surface area (Å²) in [7, 11) is 0. The Labute approximate surface area is 119 Å². The van der Waals surface area contributed by atoms with Gasteiger partial charge in [0, 0.05) is 25.0 Å². The molecule has 0 radical (unpaired) electrons. The minimum atomic E-state index is -0.0532. The van der Waals surface area contributed by atoms with Crippen LogP contribution < -0.4 is 11.1 Å². The van der Waals surface area contributed by atoms with E-state index in [1.165, 1.54) is 0 Å². The summed E-state index contributed by atoms with van der Waals surface area (Å²) in [6, 6.07) is 5.83. The van der Waals surface area contributed by atoms with Gasteiger partial charge in [0.2, 0.25) is 0 Å². The fourth-order valence-corrected chi connectivity index (χ4v) is 1.82. The second-order valence-corrected chi connectivity index (χ2v) is 4.32. The molecule has 0 aliphatic heterocycles. The Hall–Kier alpha value is -1.95. The molecule has 1 rings (SSSR count). The number of aryl methyl sites for hydroxylation is 1. The number of nitrogens with two attached hydrogens (primary N) is 1. The van der Waals surface area contributed by atoms with Gasteiger partial charge >= 0.3 is 0 Å². The molecule has 0 aliphatic carbocycles. The summed E-state index contributed by atoms with van der Waals surface area (Å²) in [5.41, 5.74) is 6.55. The van der Waals surface area contributed by atoms with Crippen molar-refractivity contribution in [3.63, 3.8) is 0 Å². The summed E-state index contributed by atoms with van der Waals surface area (Å²) in [5, 5.41) is 11.0. The first-order chi connectivity index (χ1) is 9.15. The van der Waals surface area contributed by atoms with Crippen LogP contribution >= 0.6 is 12.2 Å². The first-order valence-electron chi connectivity index (χ1n) is 6.05. The molecule has 0 bridgehead atoms. The minimum absolute atomic E-state index is 0.0532. The number of aromatic nitrogens is 1. The van der Waals surface area contributed by atoms with Crippen molar-refractivity contribution in [2.24, 2.45) is 5.73 Å². The molecule has 0 fully saturated rings. The smallest absolute Gasteiger partial charge is 0.194 e. The van der Waals surface area contributed by atoms with Gasteiger partial charge in [-0.1, -0.05) is 12.1 Å². The van der Waals surface area contributed by atoms with Crippen LogP contribution in [0.15, 0.2) is 37.1 Å². The molecule has 4 N–H and O–H groups in total. The Morgan fingerprint density at radius 1 is 1.58 bits per heavy atom. The van der Waals surface area contributed by atoms with Gasteiger partial charge in [0.15, 0.2) is 11.1 Å². The first-order valence-corrected chi connectivity index (χ1v) is 6.46. The lowest BCUT2D eigenvalue weighted by molar-refractivity contribution is 0.554. The van der Waals surface area contributed by atoms with Gasteiger partial charge in [-0.15, -0.1) is 6.58 Å². The van der Waals surface area contributed by atoms with E-state index in [-0.39, 0.29) is 5.96 Å². The molecule has 0 amide bonds. The Bertz CT molecular complexity index is 432. The fourth-order valence-electron chi connectivity index (χ4n) is 1.55. The molecule has 0 unspecified atom stereocenters. The summed E-state index contributed by atoms with van der Waals surface area (Å²) in [6.45, 7) is 4.76. The largest absolute Gasteiger partial charge is 0.370 e. The van der Waals surface area contributed by atoms with E-state index >= 15 is 0 Å². The Morgan fingerprint density at radius 2 is 2.37 bits per heavy atom. The molecule has 19 heavy (non-hydrogen) atoms. The Kier molecular flexibility index (Phi) is 6.52. The van der Waals surface area contributed by atoms with E-state index in [1.807, 2.05) is 18.2 Å². The molecule has 0 spiro atoms. The zero-order valence-electron chi connectivity index (χ0n) is 10.8. The van der Waals surface area contributed by atoms with Gasteiger partial charge in [0.05, 0.1) is 0 Å². The number of hydrogen-bond acceptors (Lipinski definition) is 3. The molecule has 1 heterocycles. The second-order valence-electron chi connectivity index (χ2n) is 3.94.